The van der Waals surface area contributed by atoms with Gasteiger partial charge in [-0.2, -0.15) is 0 Å². The van der Waals surface area contributed by atoms with Crippen molar-refractivity contribution >= 4 is 11.8 Å². The molecule has 0 unspecified atom stereocenters. The number of carbonyl (C=O) groups excluding carboxylic acids is 2. The van der Waals surface area contributed by atoms with Gasteiger partial charge in [-0.05, 0) is 44.0 Å². The Morgan fingerprint density at radius 3 is 2.68 bits per heavy atom. The van der Waals surface area contributed by atoms with Gasteiger partial charge in [0.2, 0.25) is 0 Å². The number of benzene rings is 1. The highest BCUT2D eigenvalue weighted by atomic mass is 16.3. The van der Waals surface area contributed by atoms with E-state index in [0.29, 0.717) is 37.1 Å². The lowest BCUT2D eigenvalue weighted by Crippen LogP contribution is -2.46. The Morgan fingerprint density at radius 1 is 1.24 bits per heavy atom. The number of aromatic nitrogens is 1. The summed E-state index contributed by atoms with van der Waals surface area (Å²) < 4.78 is 0. The number of likely N-dealkylation sites (tertiary alicyclic amines) is 1. The maximum atomic E-state index is 12.6. The summed E-state index contributed by atoms with van der Waals surface area (Å²) in [5, 5.41) is 12.9. The number of carbonyl (C=O) groups is 2. The minimum Gasteiger partial charge on any atom is -0.507 e. The summed E-state index contributed by atoms with van der Waals surface area (Å²) in [5.74, 6) is -0.310. The quantitative estimate of drug-likeness (QED) is 0.897. The Labute approximate surface area is 146 Å². The zero-order valence-corrected chi connectivity index (χ0v) is 14.1. The average molecular weight is 339 g/mol. The monoisotopic (exact) mass is 339 g/mol. The van der Waals surface area contributed by atoms with Crippen LogP contribution in [0.5, 0.6) is 5.75 Å². The van der Waals surface area contributed by atoms with Gasteiger partial charge in [0, 0.05) is 31.5 Å². The SMILES string of the molecule is Cc1ccc(O)c(C(=O)N2CCC(NC(=O)c3cccnc3)CC2)c1. The van der Waals surface area contributed by atoms with E-state index >= 15 is 0 Å². The molecule has 130 valence electrons. The summed E-state index contributed by atoms with van der Waals surface area (Å²) >= 11 is 0. The van der Waals surface area contributed by atoms with Crippen LogP contribution in [0.25, 0.3) is 0 Å². The Morgan fingerprint density at radius 2 is 2.00 bits per heavy atom. The molecule has 1 aromatic heterocycles. The highest BCUT2D eigenvalue weighted by Gasteiger charge is 2.26. The van der Waals surface area contributed by atoms with Crippen molar-refractivity contribution in [3.8, 4) is 5.75 Å². The van der Waals surface area contributed by atoms with Crippen LogP contribution in [-0.4, -0.2) is 45.9 Å². The lowest BCUT2D eigenvalue weighted by molar-refractivity contribution is 0.0695. The molecule has 1 fully saturated rings. The summed E-state index contributed by atoms with van der Waals surface area (Å²) in [7, 11) is 0. The van der Waals surface area contributed by atoms with Crippen molar-refractivity contribution in [3.05, 3.63) is 59.4 Å². The lowest BCUT2D eigenvalue weighted by Gasteiger charge is -2.32. The molecule has 6 nitrogen and oxygen atoms in total. The smallest absolute Gasteiger partial charge is 0.257 e. The van der Waals surface area contributed by atoms with E-state index in [1.807, 2.05) is 6.92 Å². The van der Waals surface area contributed by atoms with Crippen LogP contribution in [-0.2, 0) is 0 Å². The fourth-order valence-corrected chi connectivity index (χ4v) is 2.98. The average Bonchev–Trinajstić information content (AvgIpc) is 2.64. The molecule has 0 aliphatic carbocycles. The highest BCUT2D eigenvalue weighted by molar-refractivity contribution is 5.97. The number of amides is 2. The number of phenolic OH excluding ortho intramolecular Hbond substituents is 1. The number of phenols is 1. The minimum atomic E-state index is -0.168. The van der Waals surface area contributed by atoms with Crippen molar-refractivity contribution in [1.82, 2.24) is 15.2 Å². The second kappa shape index (κ2) is 7.34. The highest BCUT2D eigenvalue weighted by Crippen LogP contribution is 2.22. The van der Waals surface area contributed by atoms with Gasteiger partial charge in [-0.15, -0.1) is 0 Å². The van der Waals surface area contributed by atoms with E-state index in [0.717, 1.165) is 5.56 Å². The fourth-order valence-electron chi connectivity index (χ4n) is 2.98. The largest absolute Gasteiger partial charge is 0.507 e. The topological polar surface area (TPSA) is 82.5 Å². The number of hydrogen-bond donors (Lipinski definition) is 2. The first-order valence-corrected chi connectivity index (χ1v) is 8.34. The Balaban J connectivity index is 1.57. The molecule has 0 spiro atoms. The molecule has 1 aliphatic heterocycles. The predicted octanol–water partition coefficient (Wildman–Crippen LogP) is 2.13. The summed E-state index contributed by atoms with van der Waals surface area (Å²) in [6.45, 7) is 2.98. The zero-order chi connectivity index (χ0) is 17.8. The zero-order valence-electron chi connectivity index (χ0n) is 14.1. The molecule has 0 bridgehead atoms. The Bertz CT molecular complexity index is 769. The molecular weight excluding hydrogens is 318 g/mol. The van der Waals surface area contributed by atoms with Crippen LogP contribution < -0.4 is 5.32 Å². The third-order valence-electron chi connectivity index (χ3n) is 4.42. The molecule has 1 aliphatic rings. The number of aromatic hydroxyl groups is 1. The third kappa shape index (κ3) is 3.96. The van der Waals surface area contributed by atoms with Gasteiger partial charge in [-0.25, -0.2) is 0 Å². The van der Waals surface area contributed by atoms with E-state index in [9.17, 15) is 14.7 Å². The van der Waals surface area contributed by atoms with Gasteiger partial charge < -0.3 is 15.3 Å². The summed E-state index contributed by atoms with van der Waals surface area (Å²) in [6, 6.07) is 8.50. The fraction of sp³-hybridized carbons (Fsp3) is 0.316. The van der Waals surface area contributed by atoms with Crippen LogP contribution in [0.3, 0.4) is 0 Å². The second-order valence-corrected chi connectivity index (χ2v) is 6.30. The summed E-state index contributed by atoms with van der Waals surface area (Å²) in [4.78, 5) is 30.4. The van der Waals surface area contributed by atoms with Gasteiger partial charge in [0.25, 0.3) is 11.8 Å². The number of pyridine rings is 1. The van der Waals surface area contributed by atoms with Gasteiger partial charge in [-0.3, -0.25) is 14.6 Å². The van der Waals surface area contributed by atoms with E-state index in [4.69, 9.17) is 0 Å². The molecule has 25 heavy (non-hydrogen) atoms. The molecular formula is C19H21N3O3. The number of aryl methyl sites for hydroxylation is 1. The molecule has 2 aromatic rings. The third-order valence-corrected chi connectivity index (χ3v) is 4.42. The number of piperidine rings is 1. The number of rotatable bonds is 3. The normalized spacial score (nSPS) is 15.0. The van der Waals surface area contributed by atoms with Crippen LogP contribution in [0, 0.1) is 6.92 Å². The van der Waals surface area contributed by atoms with Gasteiger partial charge in [0.15, 0.2) is 0 Å². The van der Waals surface area contributed by atoms with Crippen LogP contribution in [0.15, 0.2) is 42.7 Å². The maximum absolute atomic E-state index is 12.6. The minimum absolute atomic E-state index is 0.00241. The first-order valence-electron chi connectivity index (χ1n) is 8.34. The van der Waals surface area contributed by atoms with Crippen molar-refractivity contribution in [2.24, 2.45) is 0 Å². The van der Waals surface area contributed by atoms with E-state index in [-0.39, 0.29) is 23.6 Å². The summed E-state index contributed by atoms with van der Waals surface area (Å²) in [6.07, 6.45) is 4.53. The number of nitrogens with zero attached hydrogens (tertiary/aromatic N) is 2. The van der Waals surface area contributed by atoms with Crippen LogP contribution >= 0.6 is 0 Å². The first kappa shape index (κ1) is 17.0. The van der Waals surface area contributed by atoms with Crippen molar-refractivity contribution in [2.45, 2.75) is 25.8 Å². The molecule has 2 N–H and O–H groups in total. The maximum Gasteiger partial charge on any atom is 0.257 e. The molecule has 2 amide bonds. The standard InChI is InChI=1S/C19H21N3O3/c1-13-4-5-17(23)16(11-13)19(25)22-9-6-15(7-10-22)21-18(24)14-3-2-8-20-12-14/h2-5,8,11-12,15,23H,6-7,9-10H2,1H3,(H,21,24). The van der Waals surface area contributed by atoms with Gasteiger partial charge in [0.1, 0.15) is 5.75 Å². The second-order valence-electron chi connectivity index (χ2n) is 6.30. The molecule has 0 atom stereocenters. The molecule has 6 heteroatoms. The first-order chi connectivity index (χ1) is 12.0. The van der Waals surface area contributed by atoms with E-state index in [2.05, 4.69) is 10.3 Å². The molecule has 0 radical (unpaired) electrons. The van der Waals surface area contributed by atoms with E-state index in [1.165, 1.54) is 6.20 Å². The van der Waals surface area contributed by atoms with Crippen LogP contribution in [0.4, 0.5) is 0 Å². The van der Waals surface area contributed by atoms with Crippen LogP contribution in [0.1, 0.15) is 39.1 Å². The van der Waals surface area contributed by atoms with Gasteiger partial charge >= 0.3 is 0 Å². The predicted molar refractivity (Wildman–Crippen MR) is 93.5 cm³/mol. The van der Waals surface area contributed by atoms with Crippen molar-refractivity contribution < 1.29 is 14.7 Å². The Hall–Kier alpha value is -2.89. The Kier molecular flexibility index (Phi) is 4.97. The number of nitrogens with one attached hydrogen (secondary N) is 1. The molecule has 3 rings (SSSR count). The van der Waals surface area contributed by atoms with Gasteiger partial charge in [-0.1, -0.05) is 11.6 Å². The van der Waals surface area contributed by atoms with E-state index in [1.54, 1.807) is 41.4 Å². The molecule has 1 aromatic carbocycles. The molecule has 1 saturated heterocycles. The van der Waals surface area contributed by atoms with Crippen LogP contribution in [0.2, 0.25) is 0 Å². The van der Waals surface area contributed by atoms with Gasteiger partial charge in [0.05, 0.1) is 11.1 Å². The number of hydrogen-bond acceptors (Lipinski definition) is 4. The molecule has 0 saturated carbocycles. The lowest BCUT2D eigenvalue weighted by atomic mass is 10.0. The van der Waals surface area contributed by atoms with Crippen molar-refractivity contribution in [1.29, 1.82) is 0 Å². The summed E-state index contributed by atoms with van der Waals surface area (Å²) in [5.41, 5.74) is 1.79. The van der Waals surface area contributed by atoms with Crippen molar-refractivity contribution in [3.63, 3.8) is 0 Å². The van der Waals surface area contributed by atoms with E-state index < -0.39 is 0 Å². The van der Waals surface area contributed by atoms with Crippen molar-refractivity contribution in [2.75, 3.05) is 13.1 Å². The molecule has 2 heterocycles.